The number of nitrogens with zero attached hydrogens (tertiary/aromatic N) is 1. The van der Waals surface area contributed by atoms with Gasteiger partial charge in [-0.15, -0.1) is 0 Å². The molecule has 5 aromatic carbocycles. The van der Waals surface area contributed by atoms with Gasteiger partial charge in [0.1, 0.15) is 18.2 Å². The van der Waals surface area contributed by atoms with E-state index in [2.05, 4.69) is 97.5 Å². The van der Waals surface area contributed by atoms with E-state index >= 15 is 0 Å². The summed E-state index contributed by atoms with van der Waals surface area (Å²) in [6, 6.07) is 33.8. The van der Waals surface area contributed by atoms with E-state index in [1.165, 1.54) is 16.2 Å². The minimum absolute atomic E-state index is 0.498. The molecule has 0 atom stereocenters. The Morgan fingerprint density at radius 3 is 2.05 bits per heavy atom. The van der Waals surface area contributed by atoms with Gasteiger partial charge in [-0.25, -0.2) is 4.57 Å². The molecule has 2 nitrogen and oxygen atoms in total. The lowest BCUT2D eigenvalue weighted by atomic mass is 9.87. The number of hydrogen-bond donors (Lipinski definition) is 0. The molecule has 196 valence electrons. The minimum Gasteiger partial charge on any atom is -0.454 e. The van der Waals surface area contributed by atoms with Crippen LogP contribution in [0.3, 0.4) is 0 Å². The Balaban J connectivity index is 1.45. The topological polar surface area (TPSA) is 17.0 Å². The van der Waals surface area contributed by atoms with E-state index in [1.807, 2.05) is 45.0 Å². The highest BCUT2D eigenvalue weighted by molar-refractivity contribution is 6.31. The summed E-state index contributed by atoms with van der Waals surface area (Å²) in [7, 11) is 2.08. The van der Waals surface area contributed by atoms with Crippen molar-refractivity contribution in [1.82, 2.24) is 0 Å². The van der Waals surface area contributed by atoms with Crippen molar-refractivity contribution in [3.05, 3.63) is 114 Å². The van der Waals surface area contributed by atoms with Crippen LogP contribution in [0.1, 0.15) is 34.6 Å². The van der Waals surface area contributed by atoms with E-state index in [4.69, 9.17) is 7.16 Å². The van der Waals surface area contributed by atoms with Gasteiger partial charge in [0.05, 0.1) is 5.56 Å². The van der Waals surface area contributed by atoms with E-state index in [9.17, 15) is 0 Å². The molecule has 0 unspecified atom stereocenters. The lowest BCUT2D eigenvalue weighted by Gasteiger charge is -2.18. The van der Waals surface area contributed by atoms with Crippen molar-refractivity contribution >= 4 is 43.5 Å². The second kappa shape index (κ2) is 9.06. The summed E-state index contributed by atoms with van der Waals surface area (Å²) in [6.45, 7) is 7.97. The third kappa shape index (κ3) is 3.98. The van der Waals surface area contributed by atoms with Crippen molar-refractivity contribution in [2.75, 3.05) is 0 Å². The van der Waals surface area contributed by atoms with Crippen molar-refractivity contribution < 1.29 is 11.7 Å². The lowest BCUT2D eigenvalue weighted by molar-refractivity contribution is -0.660. The van der Waals surface area contributed by atoms with Crippen LogP contribution in [0.5, 0.6) is 0 Å². The summed E-state index contributed by atoms with van der Waals surface area (Å²) in [5.41, 5.74) is 7.45. The quantitative estimate of drug-likeness (QED) is 0.167. The van der Waals surface area contributed by atoms with E-state index in [-0.39, 0.29) is 0 Å². The molecule has 0 N–H and O–H groups in total. The molecule has 0 aliphatic rings. The molecule has 7 rings (SSSR count). The molecule has 0 aliphatic carbocycles. The first-order valence-corrected chi connectivity index (χ1v) is 13.9. The van der Waals surface area contributed by atoms with Crippen LogP contribution >= 0.6 is 0 Å². The first kappa shape index (κ1) is 22.4. The van der Waals surface area contributed by atoms with E-state index in [0.29, 0.717) is 5.56 Å². The molecule has 0 bridgehead atoms. The number of rotatable bonds is 3. The zero-order valence-electron chi connectivity index (χ0n) is 25.7. The number of fused-ring (bicyclic) bond motifs is 8. The van der Waals surface area contributed by atoms with Gasteiger partial charge < -0.3 is 4.42 Å². The number of aryl methyl sites for hydroxylation is 2. The van der Waals surface area contributed by atoms with Gasteiger partial charge in [0.25, 0.3) is 0 Å². The number of hydrogen-bond acceptors (Lipinski definition) is 1. The third-order valence-corrected chi connectivity index (χ3v) is 7.87. The number of benzene rings is 5. The highest BCUT2D eigenvalue weighted by Gasteiger charge is 2.23. The molecule has 7 aromatic rings. The maximum Gasteiger partial charge on any atom is 0.216 e. The van der Waals surface area contributed by atoms with Gasteiger partial charge in [-0.2, -0.15) is 0 Å². The lowest BCUT2D eigenvalue weighted by Crippen LogP contribution is -2.30. The molecule has 2 aromatic heterocycles. The second-order valence-electron chi connectivity index (χ2n) is 11.9. The molecular formula is C38H34NO+. The van der Waals surface area contributed by atoms with Crippen LogP contribution < -0.4 is 4.57 Å². The largest absolute Gasteiger partial charge is 0.454 e. The second-order valence-corrected chi connectivity index (χ2v) is 11.9. The highest BCUT2D eigenvalue weighted by atomic mass is 16.3. The summed E-state index contributed by atoms with van der Waals surface area (Å²) < 4.78 is 26.4. The predicted molar refractivity (Wildman–Crippen MR) is 169 cm³/mol. The maximum atomic E-state index is 8.67. The Morgan fingerprint density at radius 2 is 1.35 bits per heavy atom. The van der Waals surface area contributed by atoms with Gasteiger partial charge in [0.2, 0.25) is 5.69 Å². The first-order valence-electron chi connectivity index (χ1n) is 14.9. The monoisotopic (exact) mass is 522 g/mol. The van der Waals surface area contributed by atoms with Gasteiger partial charge in [-0.05, 0) is 57.1 Å². The first-order chi connectivity index (χ1) is 20.1. The van der Waals surface area contributed by atoms with E-state index in [0.717, 1.165) is 55.3 Å². The Hall–Kier alpha value is -4.43. The van der Waals surface area contributed by atoms with Crippen LogP contribution in [0.4, 0.5) is 0 Å². The normalized spacial score (nSPS) is 13.3. The number of aromatic nitrogens is 1. The van der Waals surface area contributed by atoms with Gasteiger partial charge >= 0.3 is 0 Å². The van der Waals surface area contributed by atoms with Crippen LogP contribution in [0, 0.1) is 12.3 Å². The Kier molecular flexibility index (Phi) is 5.07. The molecule has 0 amide bonds. The van der Waals surface area contributed by atoms with Gasteiger partial charge in [-0.1, -0.05) is 106 Å². The van der Waals surface area contributed by atoms with Crippen LogP contribution in [0.25, 0.3) is 65.9 Å². The standard InChI is InChI=1S/C38H34NO/c1-24-14-19-32-35-30-12-8-6-10-28(30)29-11-7-9-13-31(29)36(35)40-37(32)34(24)33-22-27(20-21-39(33)5)26-17-15-25(16-18-26)23-38(2,3)4/h6-22H,23H2,1-5H3/q+1/i23D2. The maximum absolute atomic E-state index is 8.67. The fourth-order valence-corrected chi connectivity index (χ4v) is 6.06. The average Bonchev–Trinajstić information content (AvgIpc) is 3.37. The molecule has 0 saturated carbocycles. The minimum atomic E-state index is -1.43. The van der Waals surface area contributed by atoms with Crippen LogP contribution in [0.15, 0.2) is 108 Å². The Labute approximate surface area is 238 Å². The zero-order valence-corrected chi connectivity index (χ0v) is 23.7. The van der Waals surface area contributed by atoms with Crippen LogP contribution in [0.2, 0.25) is 0 Å². The summed E-state index contributed by atoms with van der Waals surface area (Å²) in [5, 5.41) is 7.03. The smallest absolute Gasteiger partial charge is 0.216 e. The Bertz CT molecular complexity index is 2170. The van der Waals surface area contributed by atoms with Gasteiger partial charge in [0, 0.05) is 31.0 Å². The fraction of sp³-hybridized carbons (Fsp3) is 0.184. The predicted octanol–water partition coefficient (Wildman–Crippen LogP) is 9.95. The third-order valence-electron chi connectivity index (χ3n) is 7.87. The molecule has 0 spiro atoms. The number of pyridine rings is 1. The molecule has 2 heterocycles. The van der Waals surface area contributed by atoms with Crippen LogP contribution in [-0.2, 0) is 13.4 Å². The average molecular weight is 523 g/mol. The van der Waals surface area contributed by atoms with Crippen molar-refractivity contribution in [2.24, 2.45) is 12.5 Å². The summed E-state index contributed by atoms with van der Waals surface area (Å²) in [5.74, 6) is 0. The van der Waals surface area contributed by atoms with Gasteiger partial charge in [-0.3, -0.25) is 0 Å². The van der Waals surface area contributed by atoms with E-state index in [1.54, 1.807) is 0 Å². The van der Waals surface area contributed by atoms with E-state index < -0.39 is 11.8 Å². The molecule has 0 fully saturated rings. The zero-order chi connectivity index (χ0) is 29.4. The van der Waals surface area contributed by atoms with Crippen molar-refractivity contribution in [3.8, 4) is 22.4 Å². The molecular weight excluding hydrogens is 486 g/mol. The molecule has 0 aliphatic heterocycles. The highest BCUT2D eigenvalue weighted by Crippen LogP contribution is 2.44. The molecule has 2 heteroatoms. The van der Waals surface area contributed by atoms with Crippen molar-refractivity contribution in [2.45, 2.75) is 34.1 Å². The van der Waals surface area contributed by atoms with Crippen LogP contribution in [-0.4, -0.2) is 0 Å². The SMILES string of the molecule is [2H]C([2H])(c1ccc(-c2cc[n+](C)c(-c3c(C)ccc4c3oc3c5ccccc5c5ccccc5c43)c2)cc1)C(C)(C)C. The number of furan rings is 1. The fourth-order valence-electron chi connectivity index (χ4n) is 6.06. The van der Waals surface area contributed by atoms with Crippen molar-refractivity contribution in [3.63, 3.8) is 0 Å². The van der Waals surface area contributed by atoms with Gasteiger partial charge in [0.15, 0.2) is 6.20 Å². The van der Waals surface area contributed by atoms with Crippen molar-refractivity contribution in [1.29, 1.82) is 0 Å². The molecule has 0 saturated heterocycles. The summed E-state index contributed by atoms with van der Waals surface area (Å²) >= 11 is 0. The summed E-state index contributed by atoms with van der Waals surface area (Å²) in [4.78, 5) is 0. The summed E-state index contributed by atoms with van der Waals surface area (Å²) in [6.07, 6.45) is 0.668. The molecule has 0 radical (unpaired) electrons. The Morgan fingerprint density at radius 1 is 0.700 bits per heavy atom. The molecule has 40 heavy (non-hydrogen) atoms.